The molecule has 1 N–H and O–H groups in total. The van der Waals surface area contributed by atoms with Crippen molar-refractivity contribution in [3.8, 4) is 0 Å². The van der Waals surface area contributed by atoms with Crippen molar-refractivity contribution < 1.29 is 0 Å². The maximum absolute atomic E-state index is 5.91. The van der Waals surface area contributed by atoms with E-state index >= 15 is 0 Å². The fourth-order valence-corrected chi connectivity index (χ4v) is 6.00. The molecule has 5 rings (SSSR count). The lowest BCUT2D eigenvalue weighted by Gasteiger charge is -2.38. The van der Waals surface area contributed by atoms with Crippen LogP contribution in [0.2, 0.25) is 0 Å². The van der Waals surface area contributed by atoms with Crippen LogP contribution in [0.4, 0.5) is 0 Å². The van der Waals surface area contributed by atoms with Gasteiger partial charge >= 0.3 is 0 Å². The average molecular weight is 395 g/mol. The van der Waals surface area contributed by atoms with Crippen LogP contribution < -0.4 is 5.32 Å². The van der Waals surface area contributed by atoms with Crippen LogP contribution in [0.5, 0.6) is 0 Å². The third kappa shape index (κ3) is 3.24. The highest BCUT2D eigenvalue weighted by molar-refractivity contribution is 7.80. The first-order valence-corrected chi connectivity index (χ1v) is 11.4. The van der Waals surface area contributed by atoms with Crippen molar-refractivity contribution in [2.75, 3.05) is 0 Å². The average Bonchev–Trinajstić information content (AvgIpc) is 3.48. The van der Waals surface area contributed by atoms with Gasteiger partial charge in [0.05, 0.1) is 17.8 Å². The molecule has 2 atom stereocenters. The van der Waals surface area contributed by atoms with Gasteiger partial charge in [-0.15, -0.1) is 0 Å². The molecule has 3 aliphatic rings. The molecule has 28 heavy (non-hydrogen) atoms. The largest absolute Gasteiger partial charge is 0.352 e. The molecule has 0 amide bonds. The lowest BCUT2D eigenvalue weighted by Crippen LogP contribution is -2.41. The highest BCUT2D eigenvalue weighted by atomic mass is 32.1. The summed E-state index contributed by atoms with van der Waals surface area (Å²) in [7, 11) is 0. The molecule has 2 unspecified atom stereocenters. The first-order valence-electron chi connectivity index (χ1n) is 11.0. The molecule has 148 valence electrons. The summed E-state index contributed by atoms with van der Waals surface area (Å²) in [6.45, 7) is 0. The Morgan fingerprint density at radius 1 is 0.893 bits per heavy atom. The standard InChI is InChI=1S/C23H30N4S/c28-23-25-21(19-13-6-7-15-24-19)22(27(23)18-11-2-1-3-12-18)20-14-8-16-26(20)17-9-4-5-10-17/h6-8,13-18,21-22H,1-5,9-12H2,(H,25,28). The van der Waals surface area contributed by atoms with Gasteiger partial charge in [-0.05, 0) is 62.2 Å². The van der Waals surface area contributed by atoms with Gasteiger partial charge in [-0.2, -0.15) is 0 Å². The van der Waals surface area contributed by atoms with Gasteiger partial charge in [0.25, 0.3) is 0 Å². The van der Waals surface area contributed by atoms with Crippen LogP contribution in [0.1, 0.15) is 87.3 Å². The van der Waals surface area contributed by atoms with Crippen LogP contribution in [0.3, 0.4) is 0 Å². The molecule has 0 bridgehead atoms. The zero-order valence-corrected chi connectivity index (χ0v) is 17.3. The molecule has 5 heteroatoms. The Labute approximate surface area is 173 Å². The lowest BCUT2D eigenvalue weighted by molar-refractivity contribution is 0.189. The molecule has 2 saturated carbocycles. The van der Waals surface area contributed by atoms with Crippen molar-refractivity contribution >= 4 is 17.3 Å². The fraction of sp³-hybridized carbons (Fsp3) is 0.565. The van der Waals surface area contributed by atoms with Gasteiger partial charge in [-0.25, -0.2) is 0 Å². The van der Waals surface area contributed by atoms with Gasteiger partial charge in [-0.1, -0.05) is 38.2 Å². The van der Waals surface area contributed by atoms with Crippen LogP contribution in [-0.2, 0) is 0 Å². The predicted octanol–water partition coefficient (Wildman–Crippen LogP) is 5.30. The second-order valence-electron chi connectivity index (χ2n) is 8.60. The molecule has 2 aromatic heterocycles. The van der Waals surface area contributed by atoms with E-state index in [0.717, 1.165) is 10.8 Å². The second kappa shape index (κ2) is 7.86. The van der Waals surface area contributed by atoms with E-state index in [-0.39, 0.29) is 12.1 Å². The van der Waals surface area contributed by atoms with Crippen LogP contribution in [-0.4, -0.2) is 25.6 Å². The molecular weight excluding hydrogens is 364 g/mol. The smallest absolute Gasteiger partial charge is 0.170 e. The maximum atomic E-state index is 5.91. The molecule has 3 fully saturated rings. The van der Waals surface area contributed by atoms with Crippen molar-refractivity contribution in [3.05, 3.63) is 54.1 Å². The second-order valence-corrected chi connectivity index (χ2v) is 8.99. The number of nitrogens with zero attached hydrogens (tertiary/aromatic N) is 3. The molecule has 0 spiro atoms. The van der Waals surface area contributed by atoms with Crippen LogP contribution in [0, 0.1) is 0 Å². The Morgan fingerprint density at radius 2 is 1.64 bits per heavy atom. The number of pyridine rings is 1. The molecule has 0 aromatic carbocycles. The summed E-state index contributed by atoms with van der Waals surface area (Å²) in [4.78, 5) is 7.24. The molecule has 0 radical (unpaired) electrons. The normalized spacial score (nSPS) is 26.7. The van der Waals surface area contributed by atoms with Crippen LogP contribution in [0.15, 0.2) is 42.7 Å². The SMILES string of the molecule is S=C1NC(c2ccccn2)C(c2cccn2C2CCCC2)N1C1CCCCC1. The van der Waals surface area contributed by atoms with E-state index in [2.05, 4.69) is 45.2 Å². The Hall–Kier alpha value is -1.88. The fourth-order valence-electron chi connectivity index (χ4n) is 5.61. The van der Waals surface area contributed by atoms with Gasteiger partial charge in [0.1, 0.15) is 0 Å². The summed E-state index contributed by atoms with van der Waals surface area (Å²) < 4.78 is 2.55. The van der Waals surface area contributed by atoms with E-state index in [9.17, 15) is 0 Å². The first kappa shape index (κ1) is 18.2. The molecular formula is C23H30N4S. The zero-order chi connectivity index (χ0) is 18.9. The van der Waals surface area contributed by atoms with Crippen molar-refractivity contribution in [2.45, 2.75) is 82.0 Å². The Bertz CT molecular complexity index is 805. The van der Waals surface area contributed by atoms with Crippen molar-refractivity contribution in [2.24, 2.45) is 0 Å². The van der Waals surface area contributed by atoms with Gasteiger partial charge in [-0.3, -0.25) is 4.98 Å². The van der Waals surface area contributed by atoms with Gasteiger partial charge in [0.15, 0.2) is 5.11 Å². The van der Waals surface area contributed by atoms with Crippen LogP contribution in [0.25, 0.3) is 0 Å². The number of thiocarbonyl (C=S) groups is 1. The number of aromatic nitrogens is 2. The van der Waals surface area contributed by atoms with Crippen molar-refractivity contribution in [3.63, 3.8) is 0 Å². The predicted molar refractivity (Wildman–Crippen MR) is 116 cm³/mol. The minimum Gasteiger partial charge on any atom is -0.352 e. The van der Waals surface area contributed by atoms with Gasteiger partial charge in [0.2, 0.25) is 0 Å². The minimum atomic E-state index is 0.116. The summed E-state index contributed by atoms with van der Waals surface area (Å²) in [5.41, 5.74) is 2.49. The summed E-state index contributed by atoms with van der Waals surface area (Å²) in [5.74, 6) is 0. The highest BCUT2D eigenvalue weighted by Gasteiger charge is 2.44. The quantitative estimate of drug-likeness (QED) is 0.713. The summed E-state index contributed by atoms with van der Waals surface area (Å²) in [5, 5.41) is 4.56. The monoisotopic (exact) mass is 394 g/mol. The minimum absolute atomic E-state index is 0.116. The Morgan fingerprint density at radius 3 is 2.39 bits per heavy atom. The maximum Gasteiger partial charge on any atom is 0.170 e. The van der Waals surface area contributed by atoms with E-state index in [1.54, 1.807) is 0 Å². The number of hydrogen-bond acceptors (Lipinski definition) is 2. The lowest BCUT2D eigenvalue weighted by atomic mass is 9.91. The Balaban J connectivity index is 1.56. The molecule has 2 aliphatic carbocycles. The molecule has 4 nitrogen and oxygen atoms in total. The third-order valence-corrected chi connectivity index (χ3v) is 7.26. The van der Waals surface area contributed by atoms with E-state index in [4.69, 9.17) is 17.2 Å². The summed E-state index contributed by atoms with van der Waals surface area (Å²) >= 11 is 5.91. The molecule has 1 aliphatic heterocycles. The summed E-state index contributed by atoms with van der Waals surface area (Å²) in [6, 6.07) is 12.3. The van der Waals surface area contributed by atoms with Crippen molar-refractivity contribution in [1.82, 2.24) is 19.8 Å². The molecule has 3 heterocycles. The third-order valence-electron chi connectivity index (χ3n) is 6.94. The molecule has 2 aromatic rings. The van der Waals surface area contributed by atoms with Gasteiger partial charge in [0, 0.05) is 30.2 Å². The highest BCUT2D eigenvalue weighted by Crippen LogP contribution is 2.44. The first-order chi connectivity index (χ1) is 13.8. The van der Waals surface area contributed by atoms with E-state index < -0.39 is 0 Å². The summed E-state index contributed by atoms with van der Waals surface area (Å²) in [6.07, 6.45) is 16.0. The number of nitrogens with one attached hydrogen (secondary N) is 1. The zero-order valence-electron chi connectivity index (χ0n) is 16.5. The van der Waals surface area contributed by atoms with Crippen LogP contribution >= 0.6 is 12.2 Å². The van der Waals surface area contributed by atoms with E-state index in [0.29, 0.717) is 12.1 Å². The topological polar surface area (TPSA) is 33.1 Å². The van der Waals surface area contributed by atoms with Gasteiger partial charge < -0.3 is 14.8 Å². The van der Waals surface area contributed by atoms with E-state index in [1.807, 2.05) is 12.3 Å². The van der Waals surface area contributed by atoms with Crippen molar-refractivity contribution in [1.29, 1.82) is 0 Å². The number of rotatable bonds is 4. The van der Waals surface area contributed by atoms with E-state index in [1.165, 1.54) is 63.5 Å². The molecule has 1 saturated heterocycles. The Kier molecular flexibility index (Phi) is 5.10. The number of hydrogen-bond donors (Lipinski definition) is 1.